The van der Waals surface area contributed by atoms with Gasteiger partial charge in [0, 0.05) is 18.5 Å². The molecule has 8 nitrogen and oxygen atoms in total. The highest BCUT2D eigenvalue weighted by atomic mass is 32.2. The van der Waals surface area contributed by atoms with Crippen LogP contribution in [-0.2, 0) is 29.5 Å². The molecule has 2 heterocycles. The number of hydrogen-bond acceptors (Lipinski definition) is 6. The van der Waals surface area contributed by atoms with E-state index < -0.39 is 10.0 Å². The van der Waals surface area contributed by atoms with Crippen LogP contribution in [0, 0.1) is 0 Å². The topological polar surface area (TPSA) is 103 Å². The Bertz CT molecular complexity index is 1250. The summed E-state index contributed by atoms with van der Waals surface area (Å²) in [4.78, 5) is 9.17. The van der Waals surface area contributed by atoms with Crippen LogP contribution in [-0.4, -0.2) is 28.1 Å². The minimum atomic E-state index is -3.64. The Labute approximate surface area is 168 Å². The van der Waals surface area contributed by atoms with Crippen LogP contribution in [0.4, 0.5) is 0 Å². The number of imidazole rings is 1. The summed E-state index contributed by atoms with van der Waals surface area (Å²) in [6, 6.07) is 13.9. The van der Waals surface area contributed by atoms with E-state index in [-0.39, 0.29) is 17.3 Å². The van der Waals surface area contributed by atoms with Gasteiger partial charge in [-0.2, -0.15) is 4.98 Å². The van der Waals surface area contributed by atoms with Crippen LogP contribution in [0.15, 0.2) is 57.9 Å². The zero-order valence-electron chi connectivity index (χ0n) is 16.2. The second-order valence-corrected chi connectivity index (χ2v) is 8.25. The number of fused-ring (bicyclic) bond motifs is 1. The van der Waals surface area contributed by atoms with Crippen molar-refractivity contribution in [2.24, 2.45) is 0 Å². The van der Waals surface area contributed by atoms with Crippen LogP contribution in [0.5, 0.6) is 0 Å². The van der Waals surface area contributed by atoms with E-state index in [9.17, 15) is 8.42 Å². The number of aryl methyl sites for hydroxylation is 2. The lowest BCUT2D eigenvalue weighted by Gasteiger charge is -2.04. The molecule has 0 aliphatic carbocycles. The third kappa shape index (κ3) is 3.79. The zero-order valence-corrected chi connectivity index (χ0v) is 17.0. The van der Waals surface area contributed by atoms with Crippen molar-refractivity contribution in [3.8, 4) is 11.4 Å². The molecular formula is C20H21N5O3S. The second kappa shape index (κ2) is 7.76. The molecule has 0 saturated heterocycles. The van der Waals surface area contributed by atoms with Crippen LogP contribution in [0.3, 0.4) is 0 Å². The second-order valence-electron chi connectivity index (χ2n) is 6.48. The molecule has 4 aromatic rings. The first-order chi connectivity index (χ1) is 14.0. The molecule has 2 aromatic heterocycles. The molecule has 0 unspecified atom stereocenters. The molecule has 0 bridgehead atoms. The van der Waals surface area contributed by atoms with Crippen molar-refractivity contribution in [2.75, 3.05) is 0 Å². The lowest BCUT2D eigenvalue weighted by molar-refractivity contribution is 0.376. The van der Waals surface area contributed by atoms with E-state index in [0.29, 0.717) is 5.82 Å². The maximum atomic E-state index is 12.3. The van der Waals surface area contributed by atoms with E-state index in [1.807, 2.05) is 18.2 Å². The molecule has 0 spiro atoms. The van der Waals surface area contributed by atoms with Gasteiger partial charge in [0.05, 0.1) is 22.5 Å². The van der Waals surface area contributed by atoms with Crippen molar-refractivity contribution < 1.29 is 12.9 Å². The first-order valence-electron chi connectivity index (χ1n) is 9.38. The maximum absolute atomic E-state index is 12.3. The third-order valence-electron chi connectivity index (χ3n) is 4.65. The maximum Gasteiger partial charge on any atom is 0.242 e. The molecule has 0 radical (unpaired) electrons. The Balaban J connectivity index is 1.56. The largest absolute Gasteiger partial charge is 0.338 e. The minimum Gasteiger partial charge on any atom is -0.338 e. The van der Waals surface area contributed by atoms with Gasteiger partial charge in [-0.1, -0.05) is 30.3 Å². The fourth-order valence-corrected chi connectivity index (χ4v) is 4.21. The molecule has 0 atom stereocenters. The van der Waals surface area contributed by atoms with Gasteiger partial charge in [0.15, 0.2) is 0 Å². The predicted octanol–water partition coefficient (Wildman–Crippen LogP) is 3.15. The average Bonchev–Trinajstić information content (AvgIpc) is 3.36. The highest BCUT2D eigenvalue weighted by Crippen LogP contribution is 2.24. The molecule has 1 N–H and O–H groups in total. The number of sulfonamides is 1. The van der Waals surface area contributed by atoms with E-state index >= 15 is 0 Å². The Morgan fingerprint density at radius 3 is 2.59 bits per heavy atom. The van der Waals surface area contributed by atoms with E-state index in [4.69, 9.17) is 4.52 Å². The lowest BCUT2D eigenvalue weighted by Crippen LogP contribution is -2.23. The lowest BCUT2D eigenvalue weighted by atomic mass is 10.2. The number of aromatic nitrogens is 4. The minimum absolute atomic E-state index is 0.0840. The summed E-state index contributed by atoms with van der Waals surface area (Å²) in [7, 11) is -3.64. The van der Waals surface area contributed by atoms with Gasteiger partial charge in [0.25, 0.3) is 0 Å². The van der Waals surface area contributed by atoms with Crippen molar-refractivity contribution in [3.63, 3.8) is 0 Å². The summed E-state index contributed by atoms with van der Waals surface area (Å²) < 4.78 is 34.5. The highest BCUT2D eigenvalue weighted by molar-refractivity contribution is 7.89. The van der Waals surface area contributed by atoms with Gasteiger partial charge in [-0.25, -0.2) is 18.1 Å². The first-order valence-corrected chi connectivity index (χ1v) is 10.9. The molecule has 0 amide bonds. The fraction of sp³-hybridized carbons (Fsp3) is 0.250. The number of hydrogen-bond donors (Lipinski definition) is 1. The van der Waals surface area contributed by atoms with Gasteiger partial charge in [0.1, 0.15) is 5.82 Å². The molecule has 0 aliphatic rings. The SMILES string of the molecule is CCc1nc2ccc(-c3noc(CNS(=O)(=O)c4ccccc4)n3)cc2n1CC. The molecule has 2 aromatic carbocycles. The van der Waals surface area contributed by atoms with Crippen molar-refractivity contribution in [1.29, 1.82) is 0 Å². The summed E-state index contributed by atoms with van der Waals surface area (Å²) in [6.07, 6.45) is 0.853. The Morgan fingerprint density at radius 1 is 1.07 bits per heavy atom. The Hall–Kier alpha value is -3.04. The Morgan fingerprint density at radius 2 is 1.86 bits per heavy atom. The van der Waals surface area contributed by atoms with Crippen molar-refractivity contribution in [2.45, 2.75) is 38.3 Å². The average molecular weight is 411 g/mol. The molecule has 150 valence electrons. The molecule has 0 saturated carbocycles. The number of nitrogens with zero attached hydrogens (tertiary/aromatic N) is 4. The van der Waals surface area contributed by atoms with Crippen molar-refractivity contribution in [1.82, 2.24) is 24.4 Å². The third-order valence-corrected chi connectivity index (χ3v) is 6.07. The smallest absolute Gasteiger partial charge is 0.242 e. The van der Waals surface area contributed by atoms with Crippen LogP contribution in [0.2, 0.25) is 0 Å². The van der Waals surface area contributed by atoms with Gasteiger partial charge >= 0.3 is 0 Å². The van der Waals surface area contributed by atoms with E-state index in [2.05, 4.69) is 38.3 Å². The molecule has 4 rings (SSSR count). The first kappa shape index (κ1) is 19.3. The van der Waals surface area contributed by atoms with Crippen molar-refractivity contribution in [3.05, 3.63) is 60.2 Å². The van der Waals surface area contributed by atoms with Crippen molar-refractivity contribution >= 4 is 21.1 Å². The fourth-order valence-electron chi connectivity index (χ4n) is 3.22. The highest BCUT2D eigenvalue weighted by Gasteiger charge is 2.17. The van der Waals surface area contributed by atoms with Gasteiger partial charge in [-0.05, 0) is 37.3 Å². The van der Waals surface area contributed by atoms with Gasteiger partial charge in [0.2, 0.25) is 21.7 Å². The van der Waals surface area contributed by atoms with Gasteiger partial charge < -0.3 is 9.09 Å². The van der Waals surface area contributed by atoms with E-state index in [0.717, 1.165) is 35.4 Å². The van der Waals surface area contributed by atoms with Crippen LogP contribution >= 0.6 is 0 Å². The number of benzene rings is 2. The number of nitrogens with one attached hydrogen (secondary N) is 1. The standard InChI is InChI=1S/C20H21N5O3S/c1-3-18-22-16-11-10-14(12-17(16)25(18)4-2)20-23-19(28-24-20)13-21-29(26,27)15-8-6-5-7-9-15/h5-12,21H,3-4,13H2,1-2H3. The monoisotopic (exact) mass is 411 g/mol. The molecule has 0 aliphatic heterocycles. The van der Waals surface area contributed by atoms with Crippen LogP contribution in [0.1, 0.15) is 25.6 Å². The predicted molar refractivity (Wildman–Crippen MR) is 109 cm³/mol. The normalized spacial score (nSPS) is 11.9. The summed E-state index contributed by atoms with van der Waals surface area (Å²) in [5.41, 5.74) is 2.72. The van der Waals surface area contributed by atoms with E-state index in [1.54, 1.807) is 18.2 Å². The summed E-state index contributed by atoms with van der Waals surface area (Å²) in [5, 5.41) is 4.00. The quantitative estimate of drug-likeness (QED) is 0.501. The molecule has 9 heteroatoms. The van der Waals surface area contributed by atoms with Crippen LogP contribution in [0.25, 0.3) is 22.4 Å². The number of rotatable bonds is 7. The zero-order chi connectivity index (χ0) is 20.4. The van der Waals surface area contributed by atoms with Gasteiger partial charge in [-0.15, -0.1) is 0 Å². The van der Waals surface area contributed by atoms with Gasteiger partial charge in [-0.3, -0.25) is 0 Å². The van der Waals surface area contributed by atoms with Crippen LogP contribution < -0.4 is 4.72 Å². The summed E-state index contributed by atoms with van der Waals surface area (Å²) in [5.74, 6) is 1.63. The molecule has 0 fully saturated rings. The van der Waals surface area contributed by atoms with E-state index in [1.165, 1.54) is 12.1 Å². The molecule has 29 heavy (non-hydrogen) atoms. The summed E-state index contributed by atoms with van der Waals surface area (Å²) >= 11 is 0. The Kier molecular flexibility index (Phi) is 5.16. The molecular weight excluding hydrogens is 390 g/mol. The summed E-state index contributed by atoms with van der Waals surface area (Å²) in [6.45, 7) is 4.90.